The molecule has 1 atom stereocenters. The number of fused-ring (bicyclic) bond motifs is 1. The molecule has 1 aromatic heterocycles. The molecule has 1 unspecified atom stereocenters. The Kier molecular flexibility index (Phi) is 3.61. The number of aromatic hydroxyl groups is 2. The van der Waals surface area contributed by atoms with E-state index in [-0.39, 0.29) is 11.8 Å². The summed E-state index contributed by atoms with van der Waals surface area (Å²) in [6, 6.07) is 9.02. The Morgan fingerprint density at radius 3 is 2.86 bits per heavy atom. The van der Waals surface area contributed by atoms with Gasteiger partial charge < -0.3 is 15.9 Å². The number of rotatable bonds is 3. The van der Waals surface area contributed by atoms with E-state index >= 15 is 0 Å². The lowest BCUT2D eigenvalue weighted by molar-refractivity contribution is 0.365. The second kappa shape index (κ2) is 5.58. The van der Waals surface area contributed by atoms with E-state index in [0.717, 1.165) is 5.56 Å². The summed E-state index contributed by atoms with van der Waals surface area (Å²) in [5.41, 5.74) is 8.84. The Hall–Kier alpha value is -2.71. The maximum absolute atomic E-state index is 10.3. The van der Waals surface area contributed by atoms with Crippen LogP contribution in [0.5, 0.6) is 11.8 Å². The van der Waals surface area contributed by atoms with E-state index < -0.39 is 6.04 Å². The summed E-state index contributed by atoms with van der Waals surface area (Å²) in [4.78, 5) is 0. The van der Waals surface area contributed by atoms with Gasteiger partial charge in [0.1, 0.15) is 0 Å². The van der Waals surface area contributed by atoms with Crippen LogP contribution in [0, 0.1) is 11.3 Å². The van der Waals surface area contributed by atoms with Crippen LogP contribution < -0.4 is 5.73 Å². The third-order valence-electron chi connectivity index (χ3n) is 4.03. The van der Waals surface area contributed by atoms with Gasteiger partial charge >= 0.3 is 0 Å². The van der Waals surface area contributed by atoms with Crippen LogP contribution in [0.2, 0.25) is 0 Å². The molecule has 1 aliphatic carbocycles. The zero-order chi connectivity index (χ0) is 15.7. The van der Waals surface area contributed by atoms with E-state index in [9.17, 15) is 10.2 Å². The van der Waals surface area contributed by atoms with Crippen LogP contribution in [0.25, 0.3) is 0 Å². The van der Waals surface area contributed by atoms with Gasteiger partial charge in [-0.15, -0.1) is 0 Å². The zero-order valence-corrected chi connectivity index (χ0v) is 12.0. The SMILES string of the molecule is N#Cc1cccc(CCn2c(O)c3c(c2O)C(N)C=CC3)c1. The van der Waals surface area contributed by atoms with Gasteiger partial charge in [0.15, 0.2) is 11.8 Å². The average Bonchev–Trinajstić information content (AvgIpc) is 2.78. The molecule has 0 spiro atoms. The second-order valence-corrected chi connectivity index (χ2v) is 5.41. The summed E-state index contributed by atoms with van der Waals surface area (Å²) in [7, 11) is 0. The van der Waals surface area contributed by atoms with E-state index in [4.69, 9.17) is 11.0 Å². The molecule has 0 amide bonds. The molecule has 3 rings (SSSR count). The molecule has 0 saturated carbocycles. The number of benzene rings is 1. The lowest BCUT2D eigenvalue weighted by atomic mass is 9.97. The van der Waals surface area contributed by atoms with Gasteiger partial charge in [-0.1, -0.05) is 24.3 Å². The van der Waals surface area contributed by atoms with E-state index in [1.807, 2.05) is 30.4 Å². The summed E-state index contributed by atoms with van der Waals surface area (Å²) >= 11 is 0. The second-order valence-electron chi connectivity index (χ2n) is 5.41. The molecule has 0 fully saturated rings. The standard InChI is InChI=1S/C17H17N3O2/c18-10-12-4-1-3-11(9-12)7-8-20-16(21)13-5-2-6-14(19)15(13)17(20)22/h1-4,6,9,14,21-22H,5,7-8,19H2. The predicted octanol–water partition coefficient (Wildman–Crippen LogP) is 2.13. The van der Waals surface area contributed by atoms with Crippen LogP contribution in [-0.2, 0) is 19.4 Å². The molecule has 1 heterocycles. The smallest absolute Gasteiger partial charge is 0.199 e. The molecule has 0 aliphatic heterocycles. The van der Waals surface area contributed by atoms with Gasteiger partial charge in [-0.25, -0.2) is 0 Å². The fourth-order valence-corrected chi connectivity index (χ4v) is 2.89. The fraction of sp³-hybridized carbons (Fsp3) is 0.235. The summed E-state index contributed by atoms with van der Waals surface area (Å²) in [5.74, 6) is 0.101. The Morgan fingerprint density at radius 1 is 1.32 bits per heavy atom. The maximum atomic E-state index is 10.3. The average molecular weight is 295 g/mol. The summed E-state index contributed by atoms with van der Waals surface area (Å²) in [6.07, 6.45) is 4.89. The molecule has 1 aromatic carbocycles. The summed E-state index contributed by atoms with van der Waals surface area (Å²) in [5, 5.41) is 29.6. The van der Waals surface area contributed by atoms with Crippen molar-refractivity contribution in [2.45, 2.75) is 25.4 Å². The van der Waals surface area contributed by atoms with Crippen LogP contribution in [0.3, 0.4) is 0 Å². The van der Waals surface area contributed by atoms with Gasteiger partial charge in [-0.2, -0.15) is 5.26 Å². The van der Waals surface area contributed by atoms with Gasteiger partial charge in [0.2, 0.25) is 0 Å². The maximum Gasteiger partial charge on any atom is 0.199 e. The Morgan fingerprint density at radius 2 is 2.14 bits per heavy atom. The van der Waals surface area contributed by atoms with Crippen LogP contribution in [-0.4, -0.2) is 14.8 Å². The minimum absolute atomic E-state index is 0.0285. The number of aromatic nitrogens is 1. The summed E-state index contributed by atoms with van der Waals surface area (Å²) < 4.78 is 1.48. The van der Waals surface area contributed by atoms with Crippen LogP contribution in [0.1, 0.15) is 28.3 Å². The molecule has 22 heavy (non-hydrogen) atoms. The van der Waals surface area contributed by atoms with E-state index in [2.05, 4.69) is 6.07 Å². The predicted molar refractivity (Wildman–Crippen MR) is 82.4 cm³/mol. The minimum atomic E-state index is -0.391. The number of allylic oxidation sites excluding steroid dienone is 1. The van der Waals surface area contributed by atoms with Crippen molar-refractivity contribution in [2.75, 3.05) is 0 Å². The molecule has 0 saturated heterocycles. The van der Waals surface area contributed by atoms with Crippen LogP contribution >= 0.6 is 0 Å². The fourth-order valence-electron chi connectivity index (χ4n) is 2.89. The molecule has 5 heteroatoms. The van der Waals surface area contributed by atoms with Crippen molar-refractivity contribution in [3.8, 4) is 17.8 Å². The van der Waals surface area contributed by atoms with Crippen LogP contribution in [0.15, 0.2) is 36.4 Å². The Bertz CT molecular complexity index is 784. The molecule has 1 aliphatic rings. The van der Waals surface area contributed by atoms with Crippen molar-refractivity contribution in [1.29, 1.82) is 5.26 Å². The highest BCUT2D eigenvalue weighted by Crippen LogP contribution is 2.40. The van der Waals surface area contributed by atoms with Crippen LogP contribution in [0.4, 0.5) is 0 Å². The topological polar surface area (TPSA) is 95.2 Å². The highest BCUT2D eigenvalue weighted by atomic mass is 16.3. The lowest BCUT2D eigenvalue weighted by Gasteiger charge is -2.12. The van der Waals surface area contributed by atoms with Gasteiger partial charge in [0, 0.05) is 17.7 Å². The zero-order valence-electron chi connectivity index (χ0n) is 12.0. The number of nitrogens with two attached hydrogens (primary N) is 1. The number of hydrogen-bond donors (Lipinski definition) is 3. The van der Waals surface area contributed by atoms with Crippen molar-refractivity contribution in [3.63, 3.8) is 0 Å². The molecule has 5 nitrogen and oxygen atoms in total. The Balaban J connectivity index is 1.86. The molecule has 2 aromatic rings. The minimum Gasteiger partial charge on any atom is -0.494 e. The third-order valence-corrected chi connectivity index (χ3v) is 4.03. The molecular weight excluding hydrogens is 278 g/mol. The van der Waals surface area contributed by atoms with Crippen molar-refractivity contribution >= 4 is 0 Å². The molecular formula is C17H17N3O2. The highest BCUT2D eigenvalue weighted by molar-refractivity contribution is 5.51. The van der Waals surface area contributed by atoms with Gasteiger partial charge in [-0.05, 0) is 30.5 Å². The normalized spacial score (nSPS) is 16.3. The quantitative estimate of drug-likeness (QED) is 0.756. The monoisotopic (exact) mass is 295 g/mol. The third kappa shape index (κ3) is 2.34. The van der Waals surface area contributed by atoms with E-state index in [1.54, 1.807) is 6.07 Å². The number of nitrogens with zero attached hydrogens (tertiary/aromatic N) is 2. The first-order valence-electron chi connectivity index (χ1n) is 7.16. The number of nitriles is 1. The molecule has 0 bridgehead atoms. The van der Waals surface area contributed by atoms with E-state index in [0.29, 0.717) is 36.1 Å². The first-order chi connectivity index (χ1) is 10.6. The van der Waals surface area contributed by atoms with Gasteiger partial charge in [0.25, 0.3) is 0 Å². The number of hydrogen-bond acceptors (Lipinski definition) is 4. The van der Waals surface area contributed by atoms with E-state index in [1.165, 1.54) is 4.57 Å². The highest BCUT2D eigenvalue weighted by Gasteiger charge is 2.26. The van der Waals surface area contributed by atoms with Crippen molar-refractivity contribution < 1.29 is 10.2 Å². The first kappa shape index (κ1) is 14.2. The molecule has 112 valence electrons. The number of aryl methyl sites for hydroxylation is 1. The molecule has 0 radical (unpaired) electrons. The van der Waals surface area contributed by atoms with Gasteiger partial charge in [0.05, 0.1) is 17.7 Å². The Labute approximate surface area is 128 Å². The van der Waals surface area contributed by atoms with Crippen molar-refractivity contribution in [2.24, 2.45) is 5.73 Å². The van der Waals surface area contributed by atoms with Gasteiger partial charge in [-0.3, -0.25) is 4.57 Å². The first-order valence-corrected chi connectivity index (χ1v) is 7.16. The largest absolute Gasteiger partial charge is 0.494 e. The van der Waals surface area contributed by atoms with Crippen molar-refractivity contribution in [1.82, 2.24) is 4.57 Å². The molecule has 4 N–H and O–H groups in total. The lowest BCUT2D eigenvalue weighted by Crippen LogP contribution is -2.11. The van der Waals surface area contributed by atoms with Crippen molar-refractivity contribution in [3.05, 3.63) is 58.7 Å². The summed E-state index contributed by atoms with van der Waals surface area (Å²) in [6.45, 7) is 0.423.